The molecule has 5 nitrogen and oxygen atoms in total. The first-order valence-electron chi connectivity index (χ1n) is 10.1. The highest BCUT2D eigenvalue weighted by molar-refractivity contribution is 5.95. The van der Waals surface area contributed by atoms with Crippen LogP contribution in [0.3, 0.4) is 0 Å². The fraction of sp³-hybridized carbons (Fsp3) is 0.391. The summed E-state index contributed by atoms with van der Waals surface area (Å²) in [5.74, 6) is -0.291. The lowest BCUT2D eigenvalue weighted by atomic mass is 9.92. The second kappa shape index (κ2) is 8.33. The van der Waals surface area contributed by atoms with Gasteiger partial charge in [0.1, 0.15) is 12.4 Å². The number of benzene rings is 2. The van der Waals surface area contributed by atoms with Crippen molar-refractivity contribution in [3.8, 4) is 0 Å². The molecular weight excluding hydrogens is 371 g/mol. The summed E-state index contributed by atoms with van der Waals surface area (Å²) in [5.41, 5.74) is 1.27. The first kappa shape index (κ1) is 19.6. The van der Waals surface area contributed by atoms with Crippen LogP contribution in [0.5, 0.6) is 0 Å². The van der Waals surface area contributed by atoms with Gasteiger partial charge in [0, 0.05) is 18.8 Å². The van der Waals surface area contributed by atoms with Crippen molar-refractivity contribution in [2.45, 2.75) is 31.3 Å². The molecule has 6 heteroatoms. The van der Waals surface area contributed by atoms with E-state index in [1.165, 1.54) is 12.1 Å². The van der Waals surface area contributed by atoms with E-state index in [1.807, 2.05) is 35.2 Å². The summed E-state index contributed by atoms with van der Waals surface area (Å²) in [4.78, 5) is 28.8. The molecule has 2 fully saturated rings. The zero-order valence-electron chi connectivity index (χ0n) is 16.4. The molecule has 2 heterocycles. The molecule has 2 aromatic rings. The van der Waals surface area contributed by atoms with Crippen LogP contribution in [0.1, 0.15) is 24.8 Å². The summed E-state index contributed by atoms with van der Waals surface area (Å²) in [6, 6.07) is 15.7. The van der Waals surface area contributed by atoms with Gasteiger partial charge in [-0.05, 0) is 49.1 Å². The number of nitrogens with zero attached hydrogens (tertiary/aromatic N) is 2. The van der Waals surface area contributed by atoms with Crippen molar-refractivity contribution in [1.29, 1.82) is 0 Å². The van der Waals surface area contributed by atoms with Gasteiger partial charge in [-0.1, -0.05) is 30.3 Å². The molecule has 0 aromatic heterocycles. The van der Waals surface area contributed by atoms with Crippen molar-refractivity contribution < 1.29 is 18.7 Å². The van der Waals surface area contributed by atoms with Crippen molar-refractivity contribution in [3.63, 3.8) is 0 Å². The molecule has 2 aliphatic rings. The van der Waals surface area contributed by atoms with Gasteiger partial charge >= 0.3 is 0 Å². The summed E-state index contributed by atoms with van der Waals surface area (Å²) in [7, 11) is 0. The smallest absolute Gasteiger partial charge is 0.253 e. The molecule has 1 atom stereocenters. The number of halogens is 1. The normalized spacial score (nSPS) is 22.6. The van der Waals surface area contributed by atoms with E-state index in [0.29, 0.717) is 26.1 Å². The molecule has 0 bridgehead atoms. The van der Waals surface area contributed by atoms with Crippen LogP contribution >= 0.6 is 0 Å². The predicted octanol–water partition coefficient (Wildman–Crippen LogP) is 3.18. The molecule has 29 heavy (non-hydrogen) atoms. The number of carbonyl (C=O) groups is 2. The Morgan fingerprint density at radius 3 is 2.55 bits per heavy atom. The Morgan fingerprint density at radius 1 is 1.03 bits per heavy atom. The Bertz CT molecular complexity index is 871. The number of anilines is 1. The van der Waals surface area contributed by atoms with Gasteiger partial charge in [-0.2, -0.15) is 0 Å². The number of rotatable bonds is 3. The number of hydrogen-bond donors (Lipinski definition) is 0. The van der Waals surface area contributed by atoms with Gasteiger partial charge in [0.2, 0.25) is 5.91 Å². The molecule has 4 rings (SSSR count). The molecule has 2 saturated heterocycles. The van der Waals surface area contributed by atoms with E-state index >= 15 is 0 Å². The van der Waals surface area contributed by atoms with Crippen LogP contribution in [0.25, 0.3) is 0 Å². The van der Waals surface area contributed by atoms with Gasteiger partial charge in [-0.15, -0.1) is 0 Å². The first-order valence-corrected chi connectivity index (χ1v) is 10.1. The fourth-order valence-corrected chi connectivity index (χ4v) is 4.17. The van der Waals surface area contributed by atoms with Crippen LogP contribution in [-0.2, 0) is 20.7 Å². The van der Waals surface area contributed by atoms with Crippen LogP contribution < -0.4 is 4.90 Å². The van der Waals surface area contributed by atoms with Gasteiger partial charge in [0.05, 0.1) is 18.6 Å². The van der Waals surface area contributed by atoms with Gasteiger partial charge in [-0.25, -0.2) is 4.39 Å². The highest BCUT2D eigenvalue weighted by atomic mass is 19.1. The fourth-order valence-electron chi connectivity index (χ4n) is 4.17. The molecule has 2 amide bonds. The van der Waals surface area contributed by atoms with E-state index in [2.05, 4.69) is 0 Å². The van der Waals surface area contributed by atoms with Gasteiger partial charge in [0.25, 0.3) is 5.91 Å². The van der Waals surface area contributed by atoms with Crippen LogP contribution in [-0.4, -0.2) is 48.6 Å². The van der Waals surface area contributed by atoms with E-state index in [1.54, 1.807) is 17.0 Å². The molecule has 0 saturated carbocycles. The zero-order chi connectivity index (χ0) is 20.3. The second-order valence-electron chi connectivity index (χ2n) is 7.82. The van der Waals surface area contributed by atoms with E-state index < -0.39 is 5.60 Å². The lowest BCUT2D eigenvalue weighted by molar-refractivity contribution is -0.141. The monoisotopic (exact) mass is 396 g/mol. The molecule has 0 radical (unpaired) electrons. The minimum Gasteiger partial charge on any atom is -0.363 e. The lowest BCUT2D eigenvalue weighted by Gasteiger charge is -2.42. The Hall–Kier alpha value is -2.73. The second-order valence-corrected chi connectivity index (χ2v) is 7.82. The first-order chi connectivity index (χ1) is 14.0. The minimum atomic E-state index is -0.422. The third-order valence-electron chi connectivity index (χ3n) is 5.84. The van der Waals surface area contributed by atoms with Crippen LogP contribution in [0, 0.1) is 5.82 Å². The maximum absolute atomic E-state index is 13.1. The largest absolute Gasteiger partial charge is 0.363 e. The molecule has 0 aliphatic carbocycles. The van der Waals surface area contributed by atoms with Crippen LogP contribution in [0.2, 0.25) is 0 Å². The Labute approximate surface area is 170 Å². The standard InChI is InChI=1S/C23H25FN2O3/c24-19-9-7-18(8-10-19)15-21(27)25-13-4-11-23(12-14-25)17-26(22(28)16-29-23)20-5-2-1-3-6-20/h1-3,5-10H,4,11-17H2/t23-/m1/s1. The number of carbonyl (C=O) groups excluding carboxylic acids is 2. The summed E-state index contributed by atoms with van der Waals surface area (Å²) < 4.78 is 19.1. The maximum Gasteiger partial charge on any atom is 0.253 e. The molecular formula is C23H25FN2O3. The summed E-state index contributed by atoms with van der Waals surface area (Å²) in [6.07, 6.45) is 2.59. The number of likely N-dealkylation sites (tertiary alicyclic amines) is 1. The number of amides is 2. The molecule has 0 unspecified atom stereocenters. The SMILES string of the molecule is O=C(Cc1ccc(F)cc1)N1CCC[C@@]2(CC1)CN(c1ccccc1)C(=O)CO2. The molecule has 1 spiro atoms. The van der Waals surface area contributed by atoms with E-state index in [4.69, 9.17) is 4.74 Å². The third kappa shape index (κ3) is 4.48. The van der Waals surface area contributed by atoms with Gasteiger partial charge in [0.15, 0.2) is 0 Å². The van der Waals surface area contributed by atoms with Crippen molar-refractivity contribution >= 4 is 17.5 Å². The topological polar surface area (TPSA) is 49.9 Å². The average molecular weight is 396 g/mol. The summed E-state index contributed by atoms with van der Waals surface area (Å²) >= 11 is 0. The van der Waals surface area contributed by atoms with Gasteiger partial charge in [-0.3, -0.25) is 9.59 Å². The summed E-state index contributed by atoms with van der Waals surface area (Å²) in [6.45, 7) is 1.84. The summed E-state index contributed by atoms with van der Waals surface area (Å²) in [5, 5.41) is 0. The molecule has 2 aromatic carbocycles. The number of para-hydroxylation sites is 1. The average Bonchev–Trinajstić information content (AvgIpc) is 2.95. The Kier molecular flexibility index (Phi) is 5.62. The minimum absolute atomic E-state index is 0.0321. The number of hydrogen-bond acceptors (Lipinski definition) is 3. The zero-order valence-corrected chi connectivity index (χ0v) is 16.4. The van der Waals surface area contributed by atoms with Crippen LogP contribution in [0.4, 0.5) is 10.1 Å². The maximum atomic E-state index is 13.1. The highest BCUT2D eigenvalue weighted by Gasteiger charge is 2.41. The van der Waals surface area contributed by atoms with Crippen molar-refractivity contribution in [2.24, 2.45) is 0 Å². The molecule has 2 aliphatic heterocycles. The Morgan fingerprint density at radius 2 is 1.79 bits per heavy atom. The van der Waals surface area contributed by atoms with Gasteiger partial charge < -0.3 is 14.5 Å². The number of ether oxygens (including phenoxy) is 1. The Balaban J connectivity index is 1.41. The van der Waals surface area contributed by atoms with Crippen molar-refractivity contribution in [2.75, 3.05) is 31.1 Å². The van der Waals surface area contributed by atoms with Crippen molar-refractivity contribution in [3.05, 3.63) is 66.0 Å². The van der Waals surface area contributed by atoms with E-state index in [0.717, 1.165) is 24.1 Å². The predicted molar refractivity (Wildman–Crippen MR) is 108 cm³/mol. The van der Waals surface area contributed by atoms with E-state index in [-0.39, 0.29) is 30.7 Å². The lowest BCUT2D eigenvalue weighted by Crippen LogP contribution is -2.55. The van der Waals surface area contributed by atoms with E-state index in [9.17, 15) is 14.0 Å². The molecule has 152 valence electrons. The van der Waals surface area contributed by atoms with Crippen LogP contribution in [0.15, 0.2) is 54.6 Å². The number of morpholine rings is 1. The quantitative estimate of drug-likeness (QED) is 0.801. The third-order valence-corrected chi connectivity index (χ3v) is 5.84. The highest BCUT2D eigenvalue weighted by Crippen LogP contribution is 2.33. The van der Waals surface area contributed by atoms with Crippen molar-refractivity contribution in [1.82, 2.24) is 4.90 Å². The molecule has 0 N–H and O–H groups in total.